The smallest absolute Gasteiger partial charge is 0.274 e. The Bertz CT molecular complexity index is 1550. The quantitative estimate of drug-likeness (QED) is 0.269. The summed E-state index contributed by atoms with van der Waals surface area (Å²) in [5.41, 5.74) is 1.11. The fourth-order valence-electron chi connectivity index (χ4n) is 4.42. The number of nitrogens with zero attached hydrogens (tertiary/aromatic N) is 1. The number of rotatable bonds is 12. The standard InChI is InChI=1S/C31H31F3N4O4/c1-4-19(3)36-30(41)26-28(42-18-20-10-7-6-8-11-20)27(39)23(17-38(26)37-31(5-2)12-9-13-31)29(40)35-16-22-24(33)14-21(32)15-25(22)34/h4-8,10-11,14-15,17,19,37H,1-2,9,12-13,16,18H2,3H3,(H,35,40)(H,36,41). The molecule has 1 saturated carbocycles. The molecule has 0 aliphatic heterocycles. The van der Waals surface area contributed by atoms with Gasteiger partial charge in [-0.3, -0.25) is 19.1 Å². The molecule has 1 fully saturated rings. The normalized spacial score (nSPS) is 14.2. The summed E-state index contributed by atoms with van der Waals surface area (Å²) in [7, 11) is 0. The van der Waals surface area contributed by atoms with Crippen LogP contribution in [-0.2, 0) is 13.2 Å². The Labute approximate surface area is 240 Å². The van der Waals surface area contributed by atoms with Crippen molar-refractivity contribution in [3.63, 3.8) is 0 Å². The second-order valence-corrected chi connectivity index (χ2v) is 10.0. The summed E-state index contributed by atoms with van der Waals surface area (Å²) in [6.45, 7) is 8.48. The third-order valence-electron chi connectivity index (χ3n) is 7.07. The van der Waals surface area contributed by atoms with Crippen molar-refractivity contribution in [1.82, 2.24) is 15.3 Å². The highest BCUT2D eigenvalue weighted by Gasteiger charge is 2.36. The average Bonchev–Trinajstić information content (AvgIpc) is 2.94. The first kappa shape index (κ1) is 30.2. The Kier molecular flexibility index (Phi) is 9.19. The molecule has 8 nitrogen and oxygen atoms in total. The first-order valence-electron chi connectivity index (χ1n) is 13.3. The van der Waals surface area contributed by atoms with E-state index >= 15 is 0 Å². The van der Waals surface area contributed by atoms with Crippen LogP contribution in [0.1, 0.15) is 58.2 Å². The van der Waals surface area contributed by atoms with Gasteiger partial charge in [-0.1, -0.05) is 42.5 Å². The van der Waals surface area contributed by atoms with Gasteiger partial charge in [0.1, 0.15) is 29.6 Å². The zero-order valence-corrected chi connectivity index (χ0v) is 23.0. The molecule has 2 amide bonds. The summed E-state index contributed by atoms with van der Waals surface area (Å²) in [6.07, 6.45) is 6.57. The number of hydrogen-bond acceptors (Lipinski definition) is 5. The van der Waals surface area contributed by atoms with Gasteiger partial charge in [0.2, 0.25) is 5.43 Å². The van der Waals surface area contributed by atoms with Gasteiger partial charge in [-0.15, -0.1) is 13.2 Å². The molecule has 3 aromatic rings. The maximum Gasteiger partial charge on any atom is 0.274 e. The number of aromatic nitrogens is 1. The highest BCUT2D eigenvalue weighted by molar-refractivity contribution is 5.99. The number of hydrogen-bond donors (Lipinski definition) is 3. The summed E-state index contributed by atoms with van der Waals surface area (Å²) < 4.78 is 48.9. The zero-order chi connectivity index (χ0) is 30.4. The van der Waals surface area contributed by atoms with Crippen LogP contribution in [0.25, 0.3) is 0 Å². The molecule has 1 aromatic heterocycles. The van der Waals surface area contributed by atoms with Crippen molar-refractivity contribution in [2.75, 3.05) is 5.43 Å². The van der Waals surface area contributed by atoms with Gasteiger partial charge in [-0.05, 0) is 31.7 Å². The number of pyridine rings is 1. The van der Waals surface area contributed by atoms with Crippen molar-refractivity contribution in [2.45, 2.75) is 50.9 Å². The summed E-state index contributed by atoms with van der Waals surface area (Å²) in [5.74, 6) is -5.57. The number of carbonyl (C=O) groups excluding carboxylic acids is 2. The lowest BCUT2D eigenvalue weighted by molar-refractivity contribution is 0.0920. The van der Waals surface area contributed by atoms with Crippen molar-refractivity contribution in [1.29, 1.82) is 0 Å². The van der Waals surface area contributed by atoms with Crippen LogP contribution >= 0.6 is 0 Å². The summed E-state index contributed by atoms with van der Waals surface area (Å²) in [4.78, 5) is 40.5. The van der Waals surface area contributed by atoms with E-state index in [0.29, 0.717) is 30.5 Å². The lowest BCUT2D eigenvalue weighted by Gasteiger charge is -2.41. The number of carbonyl (C=O) groups is 2. The molecule has 11 heteroatoms. The number of ether oxygens (including phenoxy) is 1. The molecule has 1 atom stereocenters. The highest BCUT2D eigenvalue weighted by atomic mass is 19.1. The number of nitrogens with one attached hydrogen (secondary N) is 3. The van der Waals surface area contributed by atoms with Crippen molar-refractivity contribution < 1.29 is 27.5 Å². The largest absolute Gasteiger partial charge is 0.482 e. The predicted molar refractivity (Wildman–Crippen MR) is 152 cm³/mol. The molecular weight excluding hydrogens is 549 g/mol. The molecule has 4 rings (SSSR count). The van der Waals surface area contributed by atoms with Gasteiger partial charge < -0.3 is 20.8 Å². The van der Waals surface area contributed by atoms with Crippen LogP contribution in [0.3, 0.4) is 0 Å². The maximum absolute atomic E-state index is 14.2. The summed E-state index contributed by atoms with van der Waals surface area (Å²) in [6, 6.07) is 9.40. The lowest BCUT2D eigenvalue weighted by Crippen LogP contribution is -2.49. The number of amides is 2. The van der Waals surface area contributed by atoms with Crippen LogP contribution in [-0.4, -0.2) is 28.1 Å². The molecule has 0 radical (unpaired) electrons. The molecule has 1 unspecified atom stereocenters. The van der Waals surface area contributed by atoms with Crippen LogP contribution in [0.2, 0.25) is 0 Å². The van der Waals surface area contributed by atoms with Gasteiger partial charge in [-0.25, -0.2) is 13.2 Å². The molecular formula is C31H31F3N4O4. The van der Waals surface area contributed by atoms with Gasteiger partial charge in [0, 0.05) is 36.5 Å². The van der Waals surface area contributed by atoms with E-state index < -0.39 is 69.7 Å². The topological polar surface area (TPSA) is 101 Å². The lowest BCUT2D eigenvalue weighted by atomic mass is 9.77. The Balaban J connectivity index is 1.80. The monoisotopic (exact) mass is 580 g/mol. The number of benzene rings is 2. The third-order valence-corrected chi connectivity index (χ3v) is 7.07. The minimum Gasteiger partial charge on any atom is -0.482 e. The maximum atomic E-state index is 14.2. The Hall–Kier alpha value is -4.80. The van der Waals surface area contributed by atoms with E-state index in [2.05, 4.69) is 29.2 Å². The summed E-state index contributed by atoms with van der Waals surface area (Å²) >= 11 is 0. The zero-order valence-electron chi connectivity index (χ0n) is 23.0. The predicted octanol–water partition coefficient (Wildman–Crippen LogP) is 4.73. The van der Waals surface area contributed by atoms with Crippen molar-refractivity contribution in [3.05, 3.63) is 124 Å². The van der Waals surface area contributed by atoms with Gasteiger partial charge in [-0.2, -0.15) is 0 Å². The molecule has 1 aliphatic rings. The van der Waals surface area contributed by atoms with E-state index in [1.807, 2.05) is 0 Å². The van der Waals surface area contributed by atoms with Crippen molar-refractivity contribution >= 4 is 11.8 Å². The first-order valence-corrected chi connectivity index (χ1v) is 13.3. The van der Waals surface area contributed by atoms with E-state index in [-0.39, 0.29) is 12.3 Å². The number of halogens is 3. The molecule has 0 saturated heterocycles. The second-order valence-electron chi connectivity index (χ2n) is 10.0. The molecule has 0 spiro atoms. The van der Waals surface area contributed by atoms with E-state index in [9.17, 15) is 27.6 Å². The summed E-state index contributed by atoms with van der Waals surface area (Å²) in [5, 5.41) is 5.04. The molecule has 220 valence electrons. The van der Waals surface area contributed by atoms with Crippen LogP contribution in [0.5, 0.6) is 5.75 Å². The van der Waals surface area contributed by atoms with Crippen molar-refractivity contribution in [3.8, 4) is 5.75 Å². The van der Waals surface area contributed by atoms with Crippen LogP contribution in [0.4, 0.5) is 13.2 Å². The fraction of sp³-hybridized carbons (Fsp3) is 0.258. The Morgan fingerprint density at radius 3 is 2.33 bits per heavy atom. The van der Waals surface area contributed by atoms with E-state index in [4.69, 9.17) is 4.74 Å². The van der Waals surface area contributed by atoms with Crippen LogP contribution in [0, 0.1) is 17.5 Å². The highest BCUT2D eigenvalue weighted by Crippen LogP contribution is 2.34. The van der Waals surface area contributed by atoms with E-state index in [1.54, 1.807) is 43.3 Å². The molecule has 2 aromatic carbocycles. The Morgan fingerprint density at radius 2 is 1.76 bits per heavy atom. The average molecular weight is 581 g/mol. The minimum absolute atomic E-state index is 0.100. The molecule has 3 N–H and O–H groups in total. The van der Waals surface area contributed by atoms with E-state index in [1.165, 1.54) is 10.8 Å². The van der Waals surface area contributed by atoms with Gasteiger partial charge >= 0.3 is 0 Å². The van der Waals surface area contributed by atoms with E-state index in [0.717, 1.165) is 12.6 Å². The van der Waals surface area contributed by atoms with Crippen LogP contribution < -0.4 is 26.2 Å². The Morgan fingerprint density at radius 1 is 1.10 bits per heavy atom. The van der Waals surface area contributed by atoms with Crippen molar-refractivity contribution in [2.24, 2.45) is 0 Å². The SMILES string of the molecule is C=CC(C)NC(=O)c1c(OCc2ccccc2)c(=O)c(C(=O)NCc2c(F)cc(F)cc2F)cn1NC1(C=C)CCC1. The molecule has 1 heterocycles. The minimum atomic E-state index is -1.19. The van der Waals surface area contributed by atoms with Gasteiger partial charge in [0.25, 0.3) is 11.8 Å². The molecule has 1 aliphatic carbocycles. The second kappa shape index (κ2) is 12.8. The fourth-order valence-corrected chi connectivity index (χ4v) is 4.42. The van der Waals surface area contributed by atoms with Gasteiger partial charge in [0.15, 0.2) is 11.4 Å². The first-order chi connectivity index (χ1) is 20.1. The molecule has 42 heavy (non-hydrogen) atoms. The third kappa shape index (κ3) is 6.56. The molecule has 0 bridgehead atoms. The van der Waals surface area contributed by atoms with Crippen LogP contribution in [0.15, 0.2) is 78.8 Å². The van der Waals surface area contributed by atoms with Gasteiger partial charge in [0.05, 0.1) is 5.54 Å².